The zero-order valence-electron chi connectivity index (χ0n) is 11.3. The van der Waals surface area contributed by atoms with Crippen molar-refractivity contribution in [3.63, 3.8) is 0 Å². The lowest BCUT2D eigenvalue weighted by Crippen LogP contribution is -2.28. The second-order valence-corrected chi connectivity index (χ2v) is 6.79. The number of rotatable bonds is 5. The molecule has 0 aliphatic carbocycles. The maximum Gasteiger partial charge on any atom is 0.233 e. The van der Waals surface area contributed by atoms with Gasteiger partial charge in [-0.25, -0.2) is 8.42 Å². The second kappa shape index (κ2) is 6.39. The molecule has 0 aromatic heterocycles. The highest BCUT2D eigenvalue weighted by molar-refractivity contribution is 7.92. The lowest BCUT2D eigenvalue weighted by atomic mass is 10.1. The average molecular weight is 283 g/mol. The van der Waals surface area contributed by atoms with Gasteiger partial charge in [0.15, 0.2) is 0 Å². The molecule has 1 atom stereocenters. The van der Waals surface area contributed by atoms with Crippen LogP contribution in [0.2, 0.25) is 0 Å². The third-order valence-corrected chi connectivity index (χ3v) is 4.78. The van der Waals surface area contributed by atoms with E-state index in [1.54, 1.807) is 6.07 Å². The minimum absolute atomic E-state index is 0.112. The first-order valence-electron chi connectivity index (χ1n) is 6.76. The maximum absolute atomic E-state index is 12.1. The summed E-state index contributed by atoms with van der Waals surface area (Å²) in [4.78, 5) is 0. The quantitative estimate of drug-likeness (QED) is 0.903. The molecule has 1 fully saturated rings. The van der Waals surface area contributed by atoms with E-state index in [1.165, 1.54) is 0 Å². The van der Waals surface area contributed by atoms with Crippen molar-refractivity contribution in [2.45, 2.75) is 26.2 Å². The van der Waals surface area contributed by atoms with Gasteiger partial charge in [-0.3, -0.25) is 4.72 Å². The van der Waals surface area contributed by atoms with Gasteiger partial charge in [-0.1, -0.05) is 19.1 Å². The highest BCUT2D eigenvalue weighted by atomic mass is 32.2. The Balaban J connectivity index is 1.99. The number of anilines is 1. The van der Waals surface area contributed by atoms with Crippen LogP contribution in [0.1, 0.15) is 25.3 Å². The molecule has 1 aliphatic rings. The molecular formula is C14H21NO3S. The van der Waals surface area contributed by atoms with E-state index in [2.05, 4.69) is 4.72 Å². The van der Waals surface area contributed by atoms with Crippen LogP contribution in [-0.2, 0) is 21.2 Å². The number of hydrogen-bond donors (Lipinski definition) is 1. The zero-order chi connectivity index (χ0) is 13.7. The molecule has 1 aromatic rings. The third kappa shape index (κ3) is 4.51. The fourth-order valence-electron chi connectivity index (χ4n) is 2.33. The van der Waals surface area contributed by atoms with E-state index in [4.69, 9.17) is 4.74 Å². The highest BCUT2D eigenvalue weighted by Crippen LogP contribution is 2.18. The molecule has 0 spiro atoms. The van der Waals surface area contributed by atoms with Gasteiger partial charge in [0.2, 0.25) is 10.0 Å². The van der Waals surface area contributed by atoms with Gasteiger partial charge in [0.1, 0.15) is 0 Å². The Kier molecular flexibility index (Phi) is 4.82. The van der Waals surface area contributed by atoms with Crippen molar-refractivity contribution >= 4 is 15.7 Å². The van der Waals surface area contributed by atoms with E-state index in [0.717, 1.165) is 31.4 Å². The van der Waals surface area contributed by atoms with Crippen molar-refractivity contribution in [2.75, 3.05) is 23.7 Å². The summed E-state index contributed by atoms with van der Waals surface area (Å²) in [6.45, 7) is 3.35. The van der Waals surface area contributed by atoms with Crippen LogP contribution in [0.25, 0.3) is 0 Å². The first-order valence-corrected chi connectivity index (χ1v) is 8.41. The Morgan fingerprint density at radius 2 is 2.26 bits per heavy atom. The van der Waals surface area contributed by atoms with Gasteiger partial charge in [-0.05, 0) is 42.9 Å². The maximum atomic E-state index is 12.1. The van der Waals surface area contributed by atoms with Gasteiger partial charge in [0, 0.05) is 12.3 Å². The van der Waals surface area contributed by atoms with Crippen LogP contribution in [0, 0.1) is 5.92 Å². The first-order chi connectivity index (χ1) is 9.09. The fraction of sp³-hybridized carbons (Fsp3) is 0.571. The predicted molar refractivity (Wildman–Crippen MR) is 76.8 cm³/mol. The van der Waals surface area contributed by atoms with E-state index < -0.39 is 10.0 Å². The van der Waals surface area contributed by atoms with E-state index in [0.29, 0.717) is 12.3 Å². The molecule has 1 N–H and O–H groups in total. The van der Waals surface area contributed by atoms with E-state index in [9.17, 15) is 8.42 Å². The van der Waals surface area contributed by atoms with Crippen LogP contribution in [0.3, 0.4) is 0 Å². The van der Waals surface area contributed by atoms with Crippen LogP contribution in [-0.4, -0.2) is 27.4 Å². The molecule has 1 heterocycles. The largest absolute Gasteiger partial charge is 0.381 e. The molecule has 4 nitrogen and oxygen atoms in total. The molecule has 1 aliphatic heterocycles. The molecule has 19 heavy (non-hydrogen) atoms. The number of sulfonamides is 1. The topological polar surface area (TPSA) is 55.4 Å². The number of benzene rings is 1. The lowest BCUT2D eigenvalue weighted by molar-refractivity contribution is 0.0626. The Bertz CT molecular complexity index is 507. The number of aryl methyl sites for hydroxylation is 1. The minimum atomic E-state index is -3.29. The van der Waals surface area contributed by atoms with Gasteiger partial charge in [-0.15, -0.1) is 0 Å². The van der Waals surface area contributed by atoms with E-state index in [1.807, 2.05) is 25.1 Å². The van der Waals surface area contributed by atoms with Gasteiger partial charge in [0.25, 0.3) is 0 Å². The fourth-order valence-corrected chi connectivity index (χ4v) is 3.78. The van der Waals surface area contributed by atoms with Gasteiger partial charge >= 0.3 is 0 Å². The predicted octanol–water partition coefficient (Wildman–Crippen LogP) is 2.42. The van der Waals surface area contributed by atoms with Crippen molar-refractivity contribution in [3.8, 4) is 0 Å². The summed E-state index contributed by atoms with van der Waals surface area (Å²) < 4.78 is 32.2. The number of nitrogens with one attached hydrogen (secondary N) is 1. The molecule has 0 unspecified atom stereocenters. The second-order valence-electron chi connectivity index (χ2n) is 5.02. The smallest absolute Gasteiger partial charge is 0.233 e. The summed E-state index contributed by atoms with van der Waals surface area (Å²) in [5.74, 6) is 0.254. The molecule has 106 valence electrons. The molecule has 5 heteroatoms. The highest BCUT2D eigenvalue weighted by Gasteiger charge is 2.21. The summed E-state index contributed by atoms with van der Waals surface area (Å²) in [5, 5.41) is 0. The molecule has 0 bridgehead atoms. The Labute approximate surface area is 115 Å². The molecule has 1 aromatic carbocycles. The molecule has 0 radical (unpaired) electrons. The molecule has 0 amide bonds. The van der Waals surface area contributed by atoms with Crippen LogP contribution in [0.4, 0.5) is 5.69 Å². The summed E-state index contributed by atoms with van der Waals surface area (Å²) in [7, 11) is -3.29. The lowest BCUT2D eigenvalue weighted by Gasteiger charge is -2.22. The van der Waals surface area contributed by atoms with E-state index in [-0.39, 0.29) is 11.7 Å². The van der Waals surface area contributed by atoms with Crippen LogP contribution >= 0.6 is 0 Å². The third-order valence-electron chi connectivity index (χ3n) is 3.32. The summed E-state index contributed by atoms with van der Waals surface area (Å²) >= 11 is 0. The van der Waals surface area contributed by atoms with Crippen molar-refractivity contribution in [2.24, 2.45) is 5.92 Å². The van der Waals surface area contributed by atoms with Crippen molar-refractivity contribution in [1.29, 1.82) is 0 Å². The van der Waals surface area contributed by atoms with Gasteiger partial charge in [-0.2, -0.15) is 0 Å². The van der Waals surface area contributed by atoms with Crippen molar-refractivity contribution in [1.82, 2.24) is 0 Å². The number of hydrogen-bond acceptors (Lipinski definition) is 3. The van der Waals surface area contributed by atoms with Crippen molar-refractivity contribution < 1.29 is 13.2 Å². The Morgan fingerprint density at radius 3 is 2.95 bits per heavy atom. The summed E-state index contributed by atoms with van der Waals surface area (Å²) in [5.41, 5.74) is 1.78. The summed E-state index contributed by atoms with van der Waals surface area (Å²) in [6, 6.07) is 7.54. The monoisotopic (exact) mass is 283 g/mol. The van der Waals surface area contributed by atoms with Gasteiger partial charge in [0.05, 0.1) is 12.4 Å². The molecule has 2 rings (SSSR count). The average Bonchev–Trinajstić information content (AvgIpc) is 2.39. The van der Waals surface area contributed by atoms with Crippen molar-refractivity contribution in [3.05, 3.63) is 29.8 Å². The van der Waals surface area contributed by atoms with Crippen LogP contribution < -0.4 is 4.72 Å². The minimum Gasteiger partial charge on any atom is -0.381 e. The summed E-state index contributed by atoms with van der Waals surface area (Å²) in [6.07, 6.45) is 2.77. The zero-order valence-corrected chi connectivity index (χ0v) is 12.1. The SMILES string of the molecule is CCc1cccc(NS(=O)(=O)C[C@H]2CCCOC2)c1. The Morgan fingerprint density at radius 1 is 1.42 bits per heavy atom. The van der Waals surface area contributed by atoms with E-state index >= 15 is 0 Å². The molecule has 0 saturated carbocycles. The molecular weight excluding hydrogens is 262 g/mol. The number of ether oxygens (including phenoxy) is 1. The van der Waals surface area contributed by atoms with Gasteiger partial charge < -0.3 is 4.74 Å². The van der Waals surface area contributed by atoms with Crippen LogP contribution in [0.15, 0.2) is 24.3 Å². The standard InChI is InChI=1S/C14H21NO3S/c1-2-12-5-3-7-14(9-12)15-19(16,17)11-13-6-4-8-18-10-13/h3,5,7,9,13,15H,2,4,6,8,10-11H2,1H3/t13-/m0/s1. The Hall–Kier alpha value is -1.07. The first kappa shape index (κ1) is 14.3. The normalized spacial score (nSPS) is 20.2. The van der Waals surface area contributed by atoms with Crippen LogP contribution in [0.5, 0.6) is 0 Å². The molecule has 1 saturated heterocycles.